The summed E-state index contributed by atoms with van der Waals surface area (Å²) in [4.78, 5) is 12.3. The third-order valence-electron chi connectivity index (χ3n) is 3.07. The van der Waals surface area contributed by atoms with Gasteiger partial charge >= 0.3 is 1.43 Å². The Balaban J connectivity index is 0.00000364. The van der Waals surface area contributed by atoms with Gasteiger partial charge < -0.3 is 9.45 Å². The van der Waals surface area contributed by atoms with E-state index in [0.29, 0.717) is 11.7 Å². The number of rotatable bonds is 9. The number of benzene rings is 1. The molecule has 0 N–H and O–H groups in total. The van der Waals surface area contributed by atoms with Crippen LogP contribution in [0.3, 0.4) is 0 Å². The van der Waals surface area contributed by atoms with Crippen LogP contribution in [0.1, 0.15) is 8.35 Å². The van der Waals surface area contributed by atoms with E-state index in [0.717, 1.165) is 11.3 Å². The summed E-state index contributed by atoms with van der Waals surface area (Å²) in [6, 6.07) is 4.20. The molecule has 1 heterocycles. The van der Waals surface area contributed by atoms with Crippen LogP contribution in [-0.4, -0.2) is 47.8 Å². The van der Waals surface area contributed by atoms with Gasteiger partial charge in [0.1, 0.15) is 11.2 Å². The number of nitrogens with zero attached hydrogens (tertiary/aromatic N) is 6. The van der Waals surface area contributed by atoms with Gasteiger partial charge in [0.05, 0.1) is 17.2 Å². The summed E-state index contributed by atoms with van der Waals surface area (Å²) in [6.45, 7) is 1.60. The average Bonchev–Trinajstić information content (AvgIpc) is 3.09. The lowest BCUT2D eigenvalue weighted by Gasteiger charge is -2.23. The molecule has 2 rings (SSSR count). The van der Waals surface area contributed by atoms with Crippen LogP contribution < -0.4 is 4.90 Å². The molecule has 2 aromatic rings. The van der Waals surface area contributed by atoms with Crippen molar-refractivity contribution in [2.45, 2.75) is 6.92 Å². The Morgan fingerprint density at radius 1 is 1.42 bits per heavy atom. The molecule has 14 heteroatoms. The first-order chi connectivity index (χ1) is 12.3. The second kappa shape index (κ2) is 8.70. The molecule has 0 aliphatic carbocycles. The first kappa shape index (κ1) is 19.8. The van der Waals surface area contributed by atoms with Gasteiger partial charge in [-0.05, 0) is 19.1 Å². The van der Waals surface area contributed by atoms with Gasteiger partial charge in [-0.25, -0.2) is 8.42 Å². The number of aromatic nitrogens is 2. The van der Waals surface area contributed by atoms with Crippen molar-refractivity contribution in [3.8, 4) is 0 Å². The molecule has 0 unspecified atom stereocenters. The Morgan fingerprint density at radius 2 is 2.19 bits per heavy atom. The first-order valence-corrected chi connectivity index (χ1v) is 9.33. The highest BCUT2D eigenvalue weighted by Gasteiger charge is 2.19. The summed E-state index contributed by atoms with van der Waals surface area (Å²) >= 11 is 1.16. The lowest BCUT2D eigenvalue weighted by atomic mass is 10.2. The van der Waals surface area contributed by atoms with Gasteiger partial charge in [0.2, 0.25) is 10.4 Å². The van der Waals surface area contributed by atoms with Gasteiger partial charge in [0, 0.05) is 19.2 Å². The second-order valence-electron chi connectivity index (χ2n) is 4.66. The molecule has 0 aliphatic heterocycles. The zero-order chi connectivity index (χ0) is 19.2. The molecule has 0 aliphatic rings. The summed E-state index contributed by atoms with van der Waals surface area (Å²) in [5, 5.41) is 26.7. The molecule has 0 spiro atoms. The van der Waals surface area contributed by atoms with Crippen LogP contribution >= 0.6 is 11.3 Å². The third-order valence-corrected chi connectivity index (χ3v) is 4.10. The molecule has 140 valence electrons. The maximum absolute atomic E-state index is 11.4. The van der Waals surface area contributed by atoms with Gasteiger partial charge in [-0.15, -0.1) is 20.4 Å². The van der Waals surface area contributed by atoms with Crippen molar-refractivity contribution in [2.24, 2.45) is 10.2 Å². The van der Waals surface area contributed by atoms with Crippen LogP contribution in [0.2, 0.25) is 0 Å². The Kier molecular flexibility index (Phi) is 6.62. The molecule has 1 aromatic carbocycles. The van der Waals surface area contributed by atoms with E-state index < -0.39 is 21.9 Å². The highest BCUT2D eigenvalue weighted by molar-refractivity contribution is 7.80. The Labute approximate surface area is 153 Å². The van der Waals surface area contributed by atoms with Crippen LogP contribution in [0.4, 0.5) is 22.2 Å². The molecule has 0 amide bonds. The number of nitro benzene ring substituents is 1. The highest BCUT2D eigenvalue weighted by Crippen LogP contribution is 2.33. The molecular formula is C12H14N6O6S2. The van der Waals surface area contributed by atoms with Crippen molar-refractivity contribution >= 4 is 43.9 Å². The molecule has 1 aromatic heterocycles. The van der Waals surface area contributed by atoms with Crippen molar-refractivity contribution in [3.63, 3.8) is 0 Å². The molecule has 0 atom stereocenters. The fourth-order valence-electron chi connectivity index (χ4n) is 2.00. The maximum Gasteiger partial charge on any atom is 1.00 e. The quantitative estimate of drug-likeness (QED) is 0.201. The maximum atomic E-state index is 11.4. The minimum absolute atomic E-state index is 0. The highest BCUT2D eigenvalue weighted by atomic mass is 32.3. The van der Waals surface area contributed by atoms with Gasteiger partial charge in [0.25, 0.3) is 10.8 Å². The number of azo groups is 1. The zero-order valence-corrected chi connectivity index (χ0v) is 15.0. The van der Waals surface area contributed by atoms with E-state index in [1.165, 1.54) is 28.6 Å². The van der Waals surface area contributed by atoms with Crippen LogP contribution in [0, 0.1) is 10.1 Å². The molecular weight excluding hydrogens is 388 g/mol. The fourth-order valence-corrected chi connectivity index (χ4v) is 2.65. The summed E-state index contributed by atoms with van der Waals surface area (Å²) in [6.07, 6.45) is 0. The van der Waals surface area contributed by atoms with Crippen molar-refractivity contribution < 1.29 is 23.5 Å². The first-order valence-electron chi connectivity index (χ1n) is 7.11. The molecule has 0 saturated heterocycles. The predicted molar refractivity (Wildman–Crippen MR) is 91.8 cm³/mol. The molecule has 26 heavy (non-hydrogen) atoms. The largest absolute Gasteiger partial charge is 1.00 e. The van der Waals surface area contributed by atoms with Crippen molar-refractivity contribution in [2.75, 3.05) is 24.6 Å². The second-order valence-corrected chi connectivity index (χ2v) is 6.53. The van der Waals surface area contributed by atoms with E-state index >= 15 is 0 Å². The smallest absolute Gasteiger partial charge is 0.726 e. The van der Waals surface area contributed by atoms with Crippen molar-refractivity contribution in [3.05, 3.63) is 33.8 Å². The Bertz CT molecular complexity index is 892. The molecule has 0 saturated carbocycles. The lowest BCUT2D eigenvalue weighted by Crippen LogP contribution is -2.28. The zero-order valence-electron chi connectivity index (χ0n) is 14.4. The van der Waals surface area contributed by atoms with Gasteiger partial charge in [-0.2, -0.15) is 0 Å². The predicted octanol–water partition coefficient (Wildman–Crippen LogP) is 2.28. The van der Waals surface area contributed by atoms with Crippen molar-refractivity contribution in [1.29, 1.82) is 0 Å². The van der Waals surface area contributed by atoms with Crippen LogP contribution in [0.25, 0.3) is 0 Å². The topological polar surface area (TPSA) is 163 Å². The third kappa shape index (κ3) is 5.76. The standard InChI is InChI=1S/C12H14N6O6S2/c1-2-17(5-6-24-26(21,22)23)10-4-3-9(7-11(10)18(19)20)14-16-12-15-13-8-25-12/h3-4,7-8H,2,5-6H2,1H3,(H,21,22,23). The summed E-state index contributed by atoms with van der Waals surface area (Å²) in [7, 11) is -4.82. The normalized spacial score (nSPS) is 11.8. The SMILES string of the molecule is CCN(CCOS(=O)(=O)[O-])c1ccc(N=Nc2nncs2)cc1[N+](=O)[O-].[H+]. The van der Waals surface area contributed by atoms with Gasteiger partial charge in [-0.1, -0.05) is 11.3 Å². The molecule has 12 nitrogen and oxygen atoms in total. The molecule has 0 bridgehead atoms. The Morgan fingerprint density at radius 3 is 2.77 bits per heavy atom. The minimum atomic E-state index is -4.82. The number of anilines is 1. The lowest BCUT2D eigenvalue weighted by molar-refractivity contribution is -0.384. The number of hydrogen-bond acceptors (Lipinski definition) is 12. The van der Waals surface area contributed by atoms with Crippen LogP contribution in [-0.2, 0) is 14.6 Å². The van der Waals surface area contributed by atoms with E-state index in [-0.39, 0.29) is 25.0 Å². The van der Waals surface area contributed by atoms with Crippen LogP contribution in [0.15, 0.2) is 33.9 Å². The number of hydrogen-bond donors (Lipinski definition) is 0. The van der Waals surface area contributed by atoms with Gasteiger partial charge in [0.15, 0.2) is 0 Å². The van der Waals surface area contributed by atoms with E-state index in [9.17, 15) is 23.1 Å². The summed E-state index contributed by atoms with van der Waals surface area (Å²) in [5.41, 5.74) is 1.71. The van der Waals surface area contributed by atoms with E-state index in [1.54, 1.807) is 6.92 Å². The molecule has 0 fully saturated rings. The minimum Gasteiger partial charge on any atom is -0.726 e. The van der Waals surface area contributed by atoms with Crippen molar-refractivity contribution in [1.82, 2.24) is 10.2 Å². The van der Waals surface area contributed by atoms with E-state index in [1.807, 2.05) is 0 Å². The number of nitro groups is 1. The van der Waals surface area contributed by atoms with Crippen LogP contribution in [0.5, 0.6) is 0 Å². The summed E-state index contributed by atoms with van der Waals surface area (Å²) < 4.78 is 35.6. The monoisotopic (exact) mass is 402 g/mol. The van der Waals surface area contributed by atoms with Gasteiger partial charge in [-0.3, -0.25) is 14.3 Å². The fraction of sp³-hybridized carbons (Fsp3) is 0.333. The molecule has 0 radical (unpaired) electrons. The summed E-state index contributed by atoms with van der Waals surface area (Å²) in [5.74, 6) is 0. The van der Waals surface area contributed by atoms with E-state index in [4.69, 9.17) is 0 Å². The number of likely N-dealkylation sites (N-methyl/N-ethyl adjacent to an activating group) is 1. The Hall–Kier alpha value is -2.55. The van der Waals surface area contributed by atoms with E-state index in [2.05, 4.69) is 24.6 Å². The average molecular weight is 402 g/mol.